The zero-order chi connectivity index (χ0) is 14.6. The summed E-state index contributed by atoms with van der Waals surface area (Å²) in [6, 6.07) is 10.1. The Morgan fingerprint density at radius 1 is 1.20 bits per heavy atom. The first-order chi connectivity index (χ1) is 9.44. The fraction of sp³-hybridized carbons (Fsp3) is 0.231. The molecule has 20 heavy (non-hydrogen) atoms. The summed E-state index contributed by atoms with van der Waals surface area (Å²) in [5, 5.41) is 0. The van der Waals surface area contributed by atoms with Crippen molar-refractivity contribution >= 4 is 0 Å². The van der Waals surface area contributed by atoms with E-state index in [1.54, 1.807) is 24.3 Å². The highest BCUT2D eigenvalue weighted by Gasteiger charge is 2.27. The maximum absolute atomic E-state index is 12.0. The smallest absolute Gasteiger partial charge is 0.364 e. The molecule has 0 aliphatic rings. The Morgan fingerprint density at radius 2 is 1.90 bits per heavy atom. The lowest BCUT2D eigenvalue weighted by Crippen LogP contribution is -2.18. The highest BCUT2D eigenvalue weighted by molar-refractivity contribution is 5.58. The normalized spacial score (nSPS) is 11.6. The number of aromatic amines is 1. The van der Waals surface area contributed by atoms with E-state index in [9.17, 15) is 18.0 Å². The van der Waals surface area contributed by atoms with Gasteiger partial charge >= 0.3 is 6.18 Å². The molecule has 0 amide bonds. The molecule has 0 aliphatic carbocycles. The van der Waals surface area contributed by atoms with Crippen molar-refractivity contribution in [2.75, 3.05) is 6.61 Å². The van der Waals surface area contributed by atoms with Gasteiger partial charge in [0.1, 0.15) is 19.0 Å². The van der Waals surface area contributed by atoms with Gasteiger partial charge in [-0.2, -0.15) is 13.2 Å². The van der Waals surface area contributed by atoms with Crippen LogP contribution in [0.15, 0.2) is 41.2 Å². The number of nitrogens with one attached hydrogen (secondary N) is 1. The maximum atomic E-state index is 12.0. The molecular weight excluding hydrogens is 273 g/mol. The Balaban J connectivity index is 2.15. The summed E-state index contributed by atoms with van der Waals surface area (Å²) in [5.74, 6) is 0.0561. The molecule has 2 aromatic rings. The second kappa shape index (κ2) is 5.87. The molecular formula is C13H11F3N2O2. The Bertz CT molecular complexity index is 624. The summed E-state index contributed by atoms with van der Waals surface area (Å²) in [4.78, 5) is 17.9. The van der Waals surface area contributed by atoms with Crippen LogP contribution in [0.4, 0.5) is 13.2 Å². The van der Waals surface area contributed by atoms with Crippen molar-refractivity contribution in [1.29, 1.82) is 0 Å². The lowest BCUT2D eigenvalue weighted by molar-refractivity contribution is -0.177. The first-order valence-electron chi connectivity index (χ1n) is 5.74. The van der Waals surface area contributed by atoms with Gasteiger partial charge in [0.15, 0.2) is 0 Å². The largest absolute Gasteiger partial charge is 0.411 e. The summed E-state index contributed by atoms with van der Waals surface area (Å²) in [6.45, 7) is -1.79. The molecule has 1 N–H and O–H groups in total. The molecule has 0 spiro atoms. The molecule has 106 valence electrons. The Kier molecular flexibility index (Phi) is 4.19. The summed E-state index contributed by atoms with van der Waals surface area (Å²) in [5.41, 5.74) is 0.653. The van der Waals surface area contributed by atoms with E-state index in [-0.39, 0.29) is 5.82 Å². The van der Waals surface area contributed by atoms with Gasteiger partial charge in [-0.1, -0.05) is 30.3 Å². The molecule has 0 saturated heterocycles. The van der Waals surface area contributed by atoms with Gasteiger partial charge < -0.3 is 9.72 Å². The highest BCUT2D eigenvalue weighted by Crippen LogP contribution is 2.16. The van der Waals surface area contributed by atoms with E-state index in [4.69, 9.17) is 0 Å². The van der Waals surface area contributed by atoms with Crippen LogP contribution in [0, 0.1) is 0 Å². The van der Waals surface area contributed by atoms with Gasteiger partial charge in [-0.05, 0) is 0 Å². The van der Waals surface area contributed by atoms with Crippen molar-refractivity contribution in [3.8, 4) is 11.3 Å². The molecule has 0 aliphatic heterocycles. The zero-order valence-corrected chi connectivity index (χ0v) is 10.3. The third kappa shape index (κ3) is 4.20. The molecule has 0 fully saturated rings. The summed E-state index contributed by atoms with van der Waals surface area (Å²) in [6.07, 6.45) is -4.41. The first kappa shape index (κ1) is 14.3. The average molecular weight is 284 g/mol. The Hall–Kier alpha value is -2.15. The molecule has 0 bridgehead atoms. The summed E-state index contributed by atoms with van der Waals surface area (Å²) in [7, 11) is 0. The van der Waals surface area contributed by atoms with E-state index in [0.29, 0.717) is 11.3 Å². The van der Waals surface area contributed by atoms with Crippen molar-refractivity contribution in [2.45, 2.75) is 12.8 Å². The van der Waals surface area contributed by atoms with Crippen molar-refractivity contribution in [3.05, 3.63) is 52.6 Å². The molecule has 1 aromatic heterocycles. The van der Waals surface area contributed by atoms with Crippen LogP contribution in [-0.2, 0) is 11.3 Å². The van der Waals surface area contributed by atoms with Crippen molar-refractivity contribution in [3.63, 3.8) is 0 Å². The van der Waals surface area contributed by atoms with Gasteiger partial charge in [0.05, 0.1) is 5.69 Å². The molecule has 2 rings (SSSR count). The molecule has 7 heteroatoms. The summed E-state index contributed by atoms with van der Waals surface area (Å²) < 4.78 is 40.4. The number of halogens is 3. The molecule has 0 radical (unpaired) electrons. The molecule has 0 unspecified atom stereocenters. The highest BCUT2D eigenvalue weighted by atomic mass is 19.4. The number of H-pyrrole nitrogens is 1. The summed E-state index contributed by atoms with van der Waals surface area (Å²) >= 11 is 0. The van der Waals surface area contributed by atoms with Crippen LogP contribution in [0.2, 0.25) is 0 Å². The van der Waals surface area contributed by atoms with Crippen LogP contribution >= 0.6 is 0 Å². The second-order valence-corrected chi connectivity index (χ2v) is 4.05. The monoisotopic (exact) mass is 284 g/mol. The van der Waals surface area contributed by atoms with Gasteiger partial charge in [0.2, 0.25) is 0 Å². The SMILES string of the molecule is O=c1cc(-c2ccccc2)nc(COCC(F)(F)F)[nH]1. The van der Waals surface area contributed by atoms with E-state index in [0.717, 1.165) is 0 Å². The van der Waals surface area contributed by atoms with Gasteiger partial charge in [-0.15, -0.1) is 0 Å². The quantitative estimate of drug-likeness (QED) is 0.938. The number of aromatic nitrogens is 2. The van der Waals surface area contributed by atoms with Crippen LogP contribution in [0.1, 0.15) is 5.82 Å². The standard InChI is InChI=1S/C13H11F3N2O2/c14-13(15,16)8-20-7-11-17-10(6-12(19)18-11)9-4-2-1-3-5-9/h1-6H,7-8H2,(H,17,18,19). The van der Waals surface area contributed by atoms with Gasteiger partial charge in [-0.25, -0.2) is 4.98 Å². The van der Waals surface area contributed by atoms with E-state index >= 15 is 0 Å². The number of hydrogen-bond acceptors (Lipinski definition) is 3. The number of rotatable bonds is 4. The number of nitrogens with zero attached hydrogens (tertiary/aromatic N) is 1. The number of benzene rings is 1. The fourth-order valence-electron chi connectivity index (χ4n) is 1.60. The van der Waals surface area contributed by atoms with Crippen LogP contribution in [0.25, 0.3) is 11.3 Å². The van der Waals surface area contributed by atoms with Crippen molar-refractivity contribution < 1.29 is 17.9 Å². The third-order valence-electron chi connectivity index (χ3n) is 2.36. The van der Waals surface area contributed by atoms with E-state index < -0.39 is 24.9 Å². The molecule has 1 heterocycles. The predicted molar refractivity (Wildman–Crippen MR) is 66.0 cm³/mol. The van der Waals surface area contributed by atoms with Gasteiger partial charge in [0, 0.05) is 11.6 Å². The van der Waals surface area contributed by atoms with Crippen LogP contribution in [0.5, 0.6) is 0 Å². The first-order valence-corrected chi connectivity index (χ1v) is 5.74. The molecule has 1 aromatic carbocycles. The van der Waals surface area contributed by atoms with Crippen molar-refractivity contribution in [1.82, 2.24) is 9.97 Å². The Morgan fingerprint density at radius 3 is 2.55 bits per heavy atom. The van der Waals surface area contributed by atoms with E-state index in [2.05, 4.69) is 14.7 Å². The Labute approximate surface area is 112 Å². The number of alkyl halides is 3. The minimum atomic E-state index is -4.41. The lowest BCUT2D eigenvalue weighted by Gasteiger charge is -2.08. The lowest BCUT2D eigenvalue weighted by atomic mass is 10.1. The van der Waals surface area contributed by atoms with Gasteiger partial charge in [0.25, 0.3) is 5.56 Å². The second-order valence-electron chi connectivity index (χ2n) is 4.05. The molecule has 0 atom stereocenters. The van der Waals surface area contributed by atoms with Gasteiger partial charge in [-0.3, -0.25) is 4.79 Å². The molecule has 0 saturated carbocycles. The van der Waals surface area contributed by atoms with Crippen LogP contribution in [-0.4, -0.2) is 22.8 Å². The van der Waals surface area contributed by atoms with Crippen LogP contribution < -0.4 is 5.56 Å². The zero-order valence-electron chi connectivity index (χ0n) is 10.3. The topological polar surface area (TPSA) is 55.0 Å². The minimum Gasteiger partial charge on any atom is -0.364 e. The average Bonchev–Trinajstić information content (AvgIpc) is 2.37. The number of hydrogen-bond donors (Lipinski definition) is 1. The minimum absolute atomic E-state index is 0.0561. The van der Waals surface area contributed by atoms with Crippen molar-refractivity contribution in [2.24, 2.45) is 0 Å². The van der Waals surface area contributed by atoms with E-state index in [1.807, 2.05) is 6.07 Å². The molecule has 4 nitrogen and oxygen atoms in total. The van der Waals surface area contributed by atoms with E-state index in [1.165, 1.54) is 6.07 Å². The third-order valence-corrected chi connectivity index (χ3v) is 2.36. The fourth-order valence-corrected chi connectivity index (χ4v) is 1.60. The number of ether oxygens (including phenoxy) is 1. The van der Waals surface area contributed by atoms with Crippen LogP contribution in [0.3, 0.4) is 0 Å². The predicted octanol–water partition coefficient (Wildman–Crippen LogP) is 2.52. The maximum Gasteiger partial charge on any atom is 0.411 e.